The van der Waals surface area contributed by atoms with Crippen molar-refractivity contribution in [2.75, 3.05) is 13.6 Å². The fourth-order valence-electron chi connectivity index (χ4n) is 1.56. The van der Waals surface area contributed by atoms with Crippen LogP contribution >= 0.6 is 0 Å². The van der Waals surface area contributed by atoms with E-state index in [0.717, 1.165) is 6.42 Å². The van der Waals surface area contributed by atoms with Crippen LogP contribution in [0.15, 0.2) is 18.3 Å². The van der Waals surface area contributed by atoms with Gasteiger partial charge in [0.15, 0.2) is 0 Å². The highest BCUT2D eigenvalue weighted by Gasteiger charge is 2.15. The fraction of sp³-hybridized carbons (Fsp3) is 0.500. The second-order valence-electron chi connectivity index (χ2n) is 4.97. The largest absolute Gasteiger partial charge is 0.340 e. The molecule has 0 aliphatic rings. The number of nitriles is 1. The van der Waals surface area contributed by atoms with Crippen LogP contribution < -0.4 is 5.73 Å². The van der Waals surface area contributed by atoms with Crippen LogP contribution in [0.2, 0.25) is 0 Å². The summed E-state index contributed by atoms with van der Waals surface area (Å²) in [5.41, 5.74) is 6.74. The highest BCUT2D eigenvalue weighted by atomic mass is 16.2. The third-order valence-electron chi connectivity index (χ3n) is 3.11. The molecule has 1 aromatic rings. The first-order chi connectivity index (χ1) is 8.95. The Hall–Kier alpha value is -1.93. The Labute approximate surface area is 114 Å². The van der Waals surface area contributed by atoms with Gasteiger partial charge in [0.25, 0.3) is 5.91 Å². The van der Waals surface area contributed by atoms with E-state index in [9.17, 15) is 4.79 Å². The molecule has 5 heteroatoms. The van der Waals surface area contributed by atoms with Crippen molar-refractivity contribution in [3.63, 3.8) is 0 Å². The lowest BCUT2D eigenvalue weighted by Gasteiger charge is -2.21. The van der Waals surface area contributed by atoms with Crippen molar-refractivity contribution < 1.29 is 4.79 Å². The summed E-state index contributed by atoms with van der Waals surface area (Å²) in [4.78, 5) is 17.7. The number of carbonyl (C=O) groups is 1. The van der Waals surface area contributed by atoms with Crippen LogP contribution in [0.1, 0.15) is 36.3 Å². The predicted molar refractivity (Wildman–Crippen MR) is 73.3 cm³/mol. The average Bonchev–Trinajstić information content (AvgIpc) is 2.43. The van der Waals surface area contributed by atoms with Crippen molar-refractivity contribution in [3.8, 4) is 6.07 Å². The Morgan fingerprint density at radius 2 is 2.21 bits per heavy atom. The maximum absolute atomic E-state index is 12.1. The third kappa shape index (κ3) is 4.34. The molecule has 0 radical (unpaired) electrons. The van der Waals surface area contributed by atoms with Gasteiger partial charge in [-0.3, -0.25) is 4.79 Å². The van der Waals surface area contributed by atoms with Crippen molar-refractivity contribution in [1.29, 1.82) is 5.26 Å². The number of carbonyl (C=O) groups excluding carboxylic acids is 1. The third-order valence-corrected chi connectivity index (χ3v) is 3.11. The monoisotopic (exact) mass is 260 g/mol. The molecule has 0 aromatic carbocycles. The molecule has 1 aromatic heterocycles. The Balaban J connectivity index is 2.59. The second kappa shape index (κ2) is 6.86. The first-order valence-electron chi connectivity index (χ1n) is 6.33. The molecule has 0 saturated carbocycles. The molecule has 0 aliphatic carbocycles. The van der Waals surface area contributed by atoms with E-state index in [0.29, 0.717) is 23.7 Å². The van der Waals surface area contributed by atoms with Crippen LogP contribution in [-0.2, 0) is 0 Å². The molecule has 0 bridgehead atoms. The molecular weight excluding hydrogens is 240 g/mol. The summed E-state index contributed by atoms with van der Waals surface area (Å²) in [5, 5.41) is 8.67. The van der Waals surface area contributed by atoms with Crippen LogP contribution in [0.3, 0.4) is 0 Å². The molecular formula is C14H20N4O. The quantitative estimate of drug-likeness (QED) is 0.867. The summed E-state index contributed by atoms with van der Waals surface area (Å²) in [6, 6.07) is 5.22. The minimum Gasteiger partial charge on any atom is -0.340 e. The standard InChI is InChI=1S/C14H20N4O/c1-10(2)12(16)6-7-18(3)14(19)13-5-4-11(8-15)9-17-13/h4-5,9-10,12H,6-7,16H2,1-3H3. The second-order valence-corrected chi connectivity index (χ2v) is 4.97. The number of pyridine rings is 1. The van der Waals surface area contributed by atoms with Crippen LogP contribution in [0.5, 0.6) is 0 Å². The highest BCUT2D eigenvalue weighted by Crippen LogP contribution is 2.06. The van der Waals surface area contributed by atoms with Gasteiger partial charge in [-0.15, -0.1) is 0 Å². The lowest BCUT2D eigenvalue weighted by molar-refractivity contribution is 0.0783. The van der Waals surface area contributed by atoms with Crippen LogP contribution in [0.4, 0.5) is 0 Å². The number of aromatic nitrogens is 1. The zero-order valence-corrected chi connectivity index (χ0v) is 11.6. The molecule has 1 unspecified atom stereocenters. The van der Waals surface area contributed by atoms with Crippen molar-refractivity contribution in [3.05, 3.63) is 29.6 Å². The first kappa shape index (κ1) is 15.1. The maximum atomic E-state index is 12.1. The summed E-state index contributed by atoms with van der Waals surface area (Å²) in [6.45, 7) is 4.73. The Kier molecular flexibility index (Phi) is 5.46. The van der Waals surface area contributed by atoms with Gasteiger partial charge in [0.1, 0.15) is 11.8 Å². The van der Waals surface area contributed by atoms with E-state index in [1.807, 2.05) is 6.07 Å². The number of hydrogen-bond acceptors (Lipinski definition) is 4. The molecule has 1 amide bonds. The van der Waals surface area contributed by atoms with E-state index in [2.05, 4.69) is 18.8 Å². The van der Waals surface area contributed by atoms with Crippen LogP contribution in [0.25, 0.3) is 0 Å². The van der Waals surface area contributed by atoms with Crippen molar-refractivity contribution in [2.45, 2.75) is 26.3 Å². The first-order valence-corrected chi connectivity index (χ1v) is 6.33. The number of nitrogens with two attached hydrogens (primary N) is 1. The normalized spacial score (nSPS) is 12.0. The SMILES string of the molecule is CC(C)C(N)CCN(C)C(=O)c1ccc(C#N)cn1. The number of amides is 1. The molecule has 0 fully saturated rings. The smallest absolute Gasteiger partial charge is 0.272 e. The topological polar surface area (TPSA) is 83.0 Å². The Morgan fingerprint density at radius 1 is 1.53 bits per heavy atom. The van der Waals surface area contributed by atoms with Gasteiger partial charge in [-0.2, -0.15) is 5.26 Å². The summed E-state index contributed by atoms with van der Waals surface area (Å²) < 4.78 is 0. The van der Waals surface area contributed by atoms with Gasteiger partial charge in [-0.25, -0.2) is 4.98 Å². The molecule has 2 N–H and O–H groups in total. The Morgan fingerprint density at radius 3 is 2.68 bits per heavy atom. The number of nitrogens with zero attached hydrogens (tertiary/aromatic N) is 3. The maximum Gasteiger partial charge on any atom is 0.272 e. The van der Waals surface area contributed by atoms with E-state index in [1.54, 1.807) is 24.1 Å². The molecule has 102 valence electrons. The number of rotatable bonds is 5. The van der Waals surface area contributed by atoms with Gasteiger partial charge in [0.2, 0.25) is 0 Å². The predicted octanol–water partition coefficient (Wildman–Crippen LogP) is 1.40. The molecule has 0 saturated heterocycles. The lowest BCUT2D eigenvalue weighted by Crippen LogP contribution is -2.34. The van der Waals surface area contributed by atoms with Crippen LogP contribution in [0, 0.1) is 17.2 Å². The highest BCUT2D eigenvalue weighted by molar-refractivity contribution is 5.92. The van der Waals surface area contributed by atoms with E-state index in [4.69, 9.17) is 11.0 Å². The molecule has 1 atom stereocenters. The molecule has 0 spiro atoms. The average molecular weight is 260 g/mol. The minimum atomic E-state index is -0.152. The van der Waals surface area contributed by atoms with E-state index < -0.39 is 0 Å². The van der Waals surface area contributed by atoms with E-state index in [1.165, 1.54) is 6.20 Å². The van der Waals surface area contributed by atoms with E-state index in [-0.39, 0.29) is 11.9 Å². The van der Waals surface area contributed by atoms with Gasteiger partial charge in [-0.05, 0) is 24.5 Å². The summed E-state index contributed by atoms with van der Waals surface area (Å²) in [5.74, 6) is 0.247. The van der Waals surface area contributed by atoms with Gasteiger partial charge in [-0.1, -0.05) is 13.8 Å². The molecule has 5 nitrogen and oxygen atoms in total. The molecule has 1 rings (SSSR count). The van der Waals surface area contributed by atoms with Crippen molar-refractivity contribution in [2.24, 2.45) is 11.7 Å². The molecule has 1 heterocycles. The summed E-state index contributed by atoms with van der Waals surface area (Å²) >= 11 is 0. The van der Waals surface area contributed by atoms with Gasteiger partial charge in [0.05, 0.1) is 5.56 Å². The van der Waals surface area contributed by atoms with Gasteiger partial charge in [0, 0.05) is 25.8 Å². The zero-order chi connectivity index (χ0) is 14.4. The fourth-order valence-corrected chi connectivity index (χ4v) is 1.56. The van der Waals surface area contributed by atoms with E-state index >= 15 is 0 Å². The molecule has 19 heavy (non-hydrogen) atoms. The van der Waals surface area contributed by atoms with Crippen molar-refractivity contribution >= 4 is 5.91 Å². The molecule has 0 aliphatic heterocycles. The zero-order valence-electron chi connectivity index (χ0n) is 11.6. The van der Waals surface area contributed by atoms with Crippen molar-refractivity contribution in [1.82, 2.24) is 9.88 Å². The van der Waals surface area contributed by atoms with Crippen LogP contribution in [-0.4, -0.2) is 35.4 Å². The summed E-state index contributed by atoms with van der Waals surface area (Å²) in [7, 11) is 1.73. The lowest BCUT2D eigenvalue weighted by atomic mass is 10.0. The van der Waals surface area contributed by atoms with Gasteiger partial charge < -0.3 is 10.6 Å². The summed E-state index contributed by atoms with van der Waals surface area (Å²) in [6.07, 6.45) is 2.16. The minimum absolute atomic E-state index is 0.0872. The van der Waals surface area contributed by atoms with Gasteiger partial charge >= 0.3 is 0 Å². The Bertz CT molecular complexity index is 461. The number of hydrogen-bond donors (Lipinski definition) is 1.